The van der Waals surface area contributed by atoms with E-state index in [0.717, 1.165) is 35.0 Å². The summed E-state index contributed by atoms with van der Waals surface area (Å²) in [7, 11) is 1.63. The normalized spacial score (nSPS) is 15.2. The van der Waals surface area contributed by atoms with Crippen molar-refractivity contribution in [3.8, 4) is 11.5 Å². The Labute approximate surface area is 181 Å². The summed E-state index contributed by atoms with van der Waals surface area (Å²) in [6.45, 7) is 4.64. The molecule has 0 amide bonds. The fourth-order valence-electron chi connectivity index (χ4n) is 3.66. The summed E-state index contributed by atoms with van der Waals surface area (Å²) < 4.78 is 10.7. The zero-order valence-corrected chi connectivity index (χ0v) is 17.9. The maximum atomic E-state index is 12.8. The van der Waals surface area contributed by atoms with E-state index in [0.29, 0.717) is 30.4 Å². The van der Waals surface area contributed by atoms with Crippen molar-refractivity contribution in [1.82, 2.24) is 9.97 Å². The highest BCUT2D eigenvalue weighted by Gasteiger charge is 2.28. The largest absolute Gasteiger partial charge is 0.497 e. The molecule has 0 bridgehead atoms. The van der Waals surface area contributed by atoms with Gasteiger partial charge >= 0.3 is 0 Å². The summed E-state index contributed by atoms with van der Waals surface area (Å²) in [5.41, 5.74) is 3.00. The number of Topliss-reactive ketones (excluding diaryl/α,β-unsaturated/α-hetero) is 1. The van der Waals surface area contributed by atoms with Crippen molar-refractivity contribution in [3.05, 3.63) is 59.8 Å². The lowest BCUT2D eigenvalue weighted by molar-refractivity contribution is 0.0952. The van der Waals surface area contributed by atoms with Crippen LogP contribution in [0.1, 0.15) is 36.3 Å². The number of hydrogen-bond donors (Lipinski definition) is 2. The Bertz CT molecular complexity index is 1070. The van der Waals surface area contributed by atoms with Crippen LogP contribution < -0.4 is 20.1 Å². The van der Waals surface area contributed by atoms with Crippen LogP contribution in [-0.4, -0.2) is 29.5 Å². The van der Waals surface area contributed by atoms with Gasteiger partial charge in [-0.05, 0) is 67.8 Å². The van der Waals surface area contributed by atoms with Crippen LogP contribution in [0.3, 0.4) is 0 Å². The average Bonchev–Trinajstić information content (AvgIpc) is 2.75. The molecule has 1 aromatic heterocycles. The van der Waals surface area contributed by atoms with Gasteiger partial charge in [0.05, 0.1) is 25.0 Å². The molecular weight excluding hydrogens is 392 g/mol. The molecule has 0 spiro atoms. The molecule has 0 aliphatic heterocycles. The van der Waals surface area contributed by atoms with Gasteiger partial charge in [0.15, 0.2) is 5.78 Å². The highest BCUT2D eigenvalue weighted by Crippen LogP contribution is 2.32. The van der Waals surface area contributed by atoms with E-state index in [9.17, 15) is 4.79 Å². The lowest BCUT2D eigenvalue weighted by Crippen LogP contribution is -2.22. The molecular formula is C24H26N4O3. The fourth-order valence-corrected chi connectivity index (χ4v) is 3.66. The molecule has 1 atom stereocenters. The third-order valence-electron chi connectivity index (χ3n) is 5.11. The van der Waals surface area contributed by atoms with Crippen LogP contribution in [0, 0.1) is 5.92 Å². The topological polar surface area (TPSA) is 85.4 Å². The predicted molar refractivity (Wildman–Crippen MR) is 121 cm³/mol. The molecule has 1 aliphatic rings. The van der Waals surface area contributed by atoms with Gasteiger partial charge in [-0.3, -0.25) is 4.79 Å². The van der Waals surface area contributed by atoms with Gasteiger partial charge in [0, 0.05) is 17.8 Å². The van der Waals surface area contributed by atoms with Crippen molar-refractivity contribution in [2.75, 3.05) is 24.4 Å². The number of anilines is 4. The minimum absolute atomic E-state index is 0.0670. The molecule has 160 valence electrons. The van der Waals surface area contributed by atoms with Crippen molar-refractivity contribution >= 4 is 28.9 Å². The number of rotatable bonds is 7. The van der Waals surface area contributed by atoms with E-state index >= 15 is 0 Å². The molecule has 1 unspecified atom stereocenters. The van der Waals surface area contributed by atoms with E-state index in [1.165, 1.54) is 0 Å². The molecule has 3 aromatic rings. The molecule has 1 heterocycles. The van der Waals surface area contributed by atoms with Gasteiger partial charge in [0.25, 0.3) is 0 Å². The summed E-state index contributed by atoms with van der Waals surface area (Å²) in [6.07, 6.45) is 1.23. The average molecular weight is 418 g/mol. The Morgan fingerprint density at radius 2 is 1.58 bits per heavy atom. The molecule has 7 heteroatoms. The van der Waals surface area contributed by atoms with Crippen molar-refractivity contribution in [1.29, 1.82) is 0 Å². The first-order valence-electron chi connectivity index (χ1n) is 10.4. The van der Waals surface area contributed by atoms with E-state index in [-0.39, 0.29) is 11.7 Å². The van der Waals surface area contributed by atoms with Crippen molar-refractivity contribution in [3.63, 3.8) is 0 Å². The molecule has 4 rings (SSSR count). The summed E-state index contributed by atoms with van der Waals surface area (Å²) >= 11 is 0. The number of ether oxygens (including phenoxy) is 2. The summed E-state index contributed by atoms with van der Waals surface area (Å²) in [5, 5.41) is 6.54. The molecule has 0 saturated heterocycles. The van der Waals surface area contributed by atoms with Crippen molar-refractivity contribution in [2.24, 2.45) is 5.92 Å². The monoisotopic (exact) mass is 418 g/mol. The van der Waals surface area contributed by atoms with Gasteiger partial charge < -0.3 is 20.1 Å². The lowest BCUT2D eigenvalue weighted by Gasteiger charge is -2.23. The Morgan fingerprint density at radius 3 is 2.23 bits per heavy atom. The number of carbonyl (C=O) groups is 1. The Kier molecular flexibility index (Phi) is 6.02. The number of aromatic nitrogens is 2. The number of hydrogen-bond acceptors (Lipinski definition) is 7. The molecule has 2 N–H and O–H groups in total. The maximum absolute atomic E-state index is 12.8. The maximum Gasteiger partial charge on any atom is 0.229 e. The van der Waals surface area contributed by atoms with Gasteiger partial charge in [0.2, 0.25) is 5.95 Å². The van der Waals surface area contributed by atoms with Crippen LogP contribution >= 0.6 is 0 Å². The number of fused-ring (bicyclic) bond motifs is 1. The van der Waals surface area contributed by atoms with Crippen molar-refractivity contribution < 1.29 is 14.3 Å². The number of carbonyl (C=O) groups excluding carboxylic acids is 1. The number of nitrogens with zero attached hydrogens (tertiary/aromatic N) is 2. The van der Waals surface area contributed by atoms with Crippen LogP contribution in [0.2, 0.25) is 0 Å². The van der Waals surface area contributed by atoms with Gasteiger partial charge in [-0.25, -0.2) is 4.98 Å². The second kappa shape index (κ2) is 9.04. The SMILES string of the molecule is CCOc1ccc(Nc2nc3c(c(Nc4ccc(OC)cc4)n2)C(=O)CC(C)C3)cc1. The Balaban J connectivity index is 1.66. The van der Waals surface area contributed by atoms with Crippen LogP contribution in [0.15, 0.2) is 48.5 Å². The first-order chi connectivity index (χ1) is 15.1. The molecule has 7 nitrogen and oxygen atoms in total. The molecule has 31 heavy (non-hydrogen) atoms. The Morgan fingerprint density at radius 1 is 0.935 bits per heavy atom. The summed E-state index contributed by atoms with van der Waals surface area (Å²) in [4.78, 5) is 22.1. The Hall–Kier alpha value is -3.61. The minimum Gasteiger partial charge on any atom is -0.497 e. The highest BCUT2D eigenvalue weighted by molar-refractivity contribution is 6.03. The number of methoxy groups -OCH3 is 1. The zero-order valence-electron chi connectivity index (χ0n) is 17.9. The second-order valence-corrected chi connectivity index (χ2v) is 7.59. The van der Waals surface area contributed by atoms with E-state index in [1.54, 1.807) is 7.11 Å². The van der Waals surface area contributed by atoms with E-state index < -0.39 is 0 Å². The minimum atomic E-state index is 0.0670. The van der Waals surface area contributed by atoms with Gasteiger partial charge in [0.1, 0.15) is 17.3 Å². The molecule has 0 saturated carbocycles. The first-order valence-corrected chi connectivity index (χ1v) is 10.4. The first kappa shape index (κ1) is 20.7. The van der Waals surface area contributed by atoms with Gasteiger partial charge in [-0.15, -0.1) is 0 Å². The molecule has 0 fully saturated rings. The number of ketones is 1. The number of benzene rings is 2. The quantitative estimate of drug-likeness (QED) is 0.550. The number of nitrogens with one attached hydrogen (secondary N) is 2. The van der Waals surface area contributed by atoms with Gasteiger partial charge in [-0.2, -0.15) is 4.98 Å². The van der Waals surface area contributed by atoms with Gasteiger partial charge in [-0.1, -0.05) is 6.92 Å². The van der Waals surface area contributed by atoms with Crippen LogP contribution in [-0.2, 0) is 6.42 Å². The van der Waals surface area contributed by atoms with Crippen LogP contribution in [0.25, 0.3) is 0 Å². The second-order valence-electron chi connectivity index (χ2n) is 7.59. The fraction of sp³-hybridized carbons (Fsp3) is 0.292. The zero-order chi connectivity index (χ0) is 21.8. The standard InChI is InChI=1S/C24H26N4O3/c1-4-31-19-11-7-17(8-12-19)26-24-27-20-13-15(2)14-21(29)22(20)23(28-24)25-16-5-9-18(30-3)10-6-16/h5-12,15H,4,13-14H2,1-3H3,(H2,25,26,27,28). The van der Waals surface area contributed by atoms with Crippen molar-refractivity contribution in [2.45, 2.75) is 26.7 Å². The van der Waals surface area contributed by atoms with E-state index in [2.05, 4.69) is 27.5 Å². The molecule has 0 radical (unpaired) electrons. The lowest BCUT2D eigenvalue weighted by atomic mass is 9.87. The molecule has 2 aromatic carbocycles. The van der Waals surface area contributed by atoms with Crippen LogP contribution in [0.5, 0.6) is 11.5 Å². The summed E-state index contributed by atoms with van der Waals surface area (Å²) in [5.74, 6) is 2.85. The predicted octanol–water partition coefficient (Wildman–Crippen LogP) is 5.14. The van der Waals surface area contributed by atoms with Crippen LogP contribution in [0.4, 0.5) is 23.1 Å². The van der Waals surface area contributed by atoms with E-state index in [4.69, 9.17) is 9.47 Å². The molecule has 1 aliphatic carbocycles. The highest BCUT2D eigenvalue weighted by atomic mass is 16.5. The smallest absolute Gasteiger partial charge is 0.229 e. The summed E-state index contributed by atoms with van der Waals surface area (Å²) in [6, 6.07) is 15.1. The third kappa shape index (κ3) is 4.77. The third-order valence-corrected chi connectivity index (χ3v) is 5.11. The van der Waals surface area contributed by atoms with E-state index in [1.807, 2.05) is 55.5 Å².